The van der Waals surface area contributed by atoms with Crippen molar-refractivity contribution < 1.29 is 0 Å². The molecule has 0 bridgehead atoms. The van der Waals surface area contributed by atoms with Gasteiger partial charge in [0.1, 0.15) is 4.34 Å². The fourth-order valence-electron chi connectivity index (χ4n) is 3.13. The largest absolute Gasteiger partial charge is 0.329 e. The molecule has 1 heterocycles. The van der Waals surface area contributed by atoms with Gasteiger partial charge in [-0.1, -0.05) is 38.3 Å². The highest BCUT2D eigenvalue weighted by Gasteiger charge is 2.30. The lowest BCUT2D eigenvalue weighted by atomic mass is 10.1. The average Bonchev–Trinajstić information content (AvgIpc) is 3.00. The molecule has 0 aliphatic heterocycles. The van der Waals surface area contributed by atoms with Crippen LogP contribution < -0.4 is 5.73 Å². The molecular formula is C15H24BrClN2S. The van der Waals surface area contributed by atoms with Crippen molar-refractivity contribution in [2.75, 3.05) is 13.1 Å². The van der Waals surface area contributed by atoms with E-state index in [-0.39, 0.29) is 0 Å². The summed E-state index contributed by atoms with van der Waals surface area (Å²) in [5, 5.41) is 0. The zero-order valence-corrected chi connectivity index (χ0v) is 15.4. The van der Waals surface area contributed by atoms with E-state index in [4.69, 9.17) is 17.3 Å². The lowest BCUT2D eigenvalue weighted by molar-refractivity contribution is 0.123. The number of nitrogens with two attached hydrogens (primary N) is 1. The zero-order valence-electron chi connectivity index (χ0n) is 12.2. The summed E-state index contributed by atoms with van der Waals surface area (Å²) in [6, 6.07) is 3.13. The van der Waals surface area contributed by atoms with Crippen LogP contribution in [0.25, 0.3) is 0 Å². The summed E-state index contributed by atoms with van der Waals surface area (Å²) < 4.78 is 1.82. The summed E-state index contributed by atoms with van der Waals surface area (Å²) >= 11 is 11.4. The first-order valence-corrected chi connectivity index (χ1v) is 9.42. The van der Waals surface area contributed by atoms with Crippen LogP contribution in [0.15, 0.2) is 10.5 Å². The van der Waals surface area contributed by atoms with Crippen molar-refractivity contribution in [3.63, 3.8) is 0 Å². The van der Waals surface area contributed by atoms with Crippen LogP contribution in [0.4, 0.5) is 0 Å². The summed E-state index contributed by atoms with van der Waals surface area (Å²) in [5.41, 5.74) is 6.11. The van der Waals surface area contributed by atoms with Gasteiger partial charge in [0.15, 0.2) is 0 Å². The molecule has 1 fully saturated rings. The third-order valence-corrected chi connectivity index (χ3v) is 6.56. The molecule has 1 unspecified atom stereocenters. The van der Waals surface area contributed by atoms with Gasteiger partial charge in [0, 0.05) is 28.5 Å². The second kappa shape index (κ2) is 7.59. The molecule has 1 aliphatic carbocycles. The first-order chi connectivity index (χ1) is 9.52. The molecule has 2 rings (SSSR count). The smallest absolute Gasteiger partial charge is 0.107 e. The molecule has 114 valence electrons. The Labute approximate surface area is 139 Å². The van der Waals surface area contributed by atoms with Gasteiger partial charge in [0.25, 0.3) is 0 Å². The molecule has 0 amide bonds. The van der Waals surface area contributed by atoms with Gasteiger partial charge in [-0.05, 0) is 40.8 Å². The standard InChI is InChI=1S/C15H24BrClN2S/c1-10(2)9-19(11-5-3-4-6-11)13(8-18)14-7-12(16)15(17)20-14/h7,10-11,13H,3-6,8-9,18H2,1-2H3. The number of hydrogen-bond acceptors (Lipinski definition) is 3. The maximum absolute atomic E-state index is 6.21. The van der Waals surface area contributed by atoms with Crippen LogP contribution in [0.1, 0.15) is 50.4 Å². The number of nitrogens with zero attached hydrogens (tertiary/aromatic N) is 1. The van der Waals surface area contributed by atoms with Gasteiger partial charge in [0.2, 0.25) is 0 Å². The fraction of sp³-hybridized carbons (Fsp3) is 0.733. The first kappa shape index (κ1) is 16.8. The van der Waals surface area contributed by atoms with Gasteiger partial charge in [-0.25, -0.2) is 0 Å². The Bertz CT molecular complexity index is 410. The number of halogens is 2. The van der Waals surface area contributed by atoms with Gasteiger partial charge >= 0.3 is 0 Å². The molecule has 20 heavy (non-hydrogen) atoms. The van der Waals surface area contributed by atoms with Crippen molar-refractivity contribution in [2.24, 2.45) is 11.7 Å². The minimum atomic E-state index is 0.300. The summed E-state index contributed by atoms with van der Waals surface area (Å²) in [5.74, 6) is 0.656. The molecule has 1 atom stereocenters. The van der Waals surface area contributed by atoms with E-state index in [0.717, 1.165) is 15.4 Å². The monoisotopic (exact) mass is 378 g/mol. The number of hydrogen-bond donors (Lipinski definition) is 1. The maximum atomic E-state index is 6.21. The van der Waals surface area contributed by atoms with Crippen LogP contribution in [-0.4, -0.2) is 24.0 Å². The number of rotatable bonds is 6. The zero-order chi connectivity index (χ0) is 14.7. The third kappa shape index (κ3) is 3.98. The highest BCUT2D eigenvalue weighted by atomic mass is 79.9. The van der Waals surface area contributed by atoms with Gasteiger partial charge in [-0.3, -0.25) is 4.90 Å². The average molecular weight is 380 g/mol. The van der Waals surface area contributed by atoms with E-state index in [2.05, 4.69) is 40.7 Å². The molecule has 1 aliphatic rings. The highest BCUT2D eigenvalue weighted by Crippen LogP contribution is 2.39. The van der Waals surface area contributed by atoms with Crippen LogP contribution in [0, 0.1) is 5.92 Å². The SMILES string of the molecule is CC(C)CN(C1CCCC1)C(CN)c1cc(Br)c(Cl)s1. The quantitative estimate of drug-likeness (QED) is 0.748. The van der Waals surface area contributed by atoms with Crippen LogP contribution in [-0.2, 0) is 0 Å². The molecule has 2 nitrogen and oxygen atoms in total. The summed E-state index contributed by atoms with van der Waals surface area (Å²) in [6.45, 7) is 6.34. The van der Waals surface area contributed by atoms with Crippen LogP contribution in [0.2, 0.25) is 4.34 Å². The van der Waals surface area contributed by atoms with Crippen molar-refractivity contribution in [3.05, 3.63) is 19.8 Å². The topological polar surface area (TPSA) is 29.3 Å². The number of thiophene rings is 1. The summed E-state index contributed by atoms with van der Waals surface area (Å²) in [7, 11) is 0. The molecule has 0 aromatic carbocycles. The molecule has 0 spiro atoms. The third-order valence-electron chi connectivity index (χ3n) is 3.99. The Morgan fingerprint density at radius 2 is 2.10 bits per heavy atom. The second-order valence-corrected chi connectivity index (χ2v) is 8.59. The van der Waals surface area contributed by atoms with E-state index < -0.39 is 0 Å². The van der Waals surface area contributed by atoms with Gasteiger partial charge in [-0.15, -0.1) is 11.3 Å². The van der Waals surface area contributed by atoms with Crippen LogP contribution in [0.5, 0.6) is 0 Å². The van der Waals surface area contributed by atoms with Crippen LogP contribution in [0.3, 0.4) is 0 Å². The van der Waals surface area contributed by atoms with Crippen molar-refractivity contribution in [2.45, 2.75) is 51.6 Å². The van der Waals surface area contributed by atoms with Crippen molar-refractivity contribution in [1.82, 2.24) is 4.90 Å². The van der Waals surface area contributed by atoms with Gasteiger partial charge in [-0.2, -0.15) is 0 Å². The van der Waals surface area contributed by atoms with Gasteiger partial charge < -0.3 is 5.73 Å². The summed E-state index contributed by atoms with van der Waals surface area (Å²) in [4.78, 5) is 3.92. The first-order valence-electron chi connectivity index (χ1n) is 7.43. The Kier molecular flexibility index (Phi) is 6.36. The maximum Gasteiger partial charge on any atom is 0.107 e. The Morgan fingerprint density at radius 1 is 1.45 bits per heavy atom. The molecule has 1 aromatic heterocycles. The van der Waals surface area contributed by atoms with Crippen molar-refractivity contribution in [3.8, 4) is 0 Å². The summed E-state index contributed by atoms with van der Waals surface area (Å²) in [6.07, 6.45) is 5.32. The van der Waals surface area contributed by atoms with E-state index >= 15 is 0 Å². The fourth-order valence-corrected chi connectivity index (χ4v) is 5.00. The minimum Gasteiger partial charge on any atom is -0.329 e. The molecule has 5 heteroatoms. The molecule has 1 aromatic rings. The Balaban J connectivity index is 2.23. The lowest BCUT2D eigenvalue weighted by Crippen LogP contribution is -2.42. The van der Waals surface area contributed by atoms with E-state index in [9.17, 15) is 0 Å². The molecule has 0 radical (unpaired) electrons. The van der Waals surface area contributed by atoms with E-state index in [1.165, 1.54) is 30.6 Å². The van der Waals surface area contributed by atoms with Crippen LogP contribution >= 0.6 is 38.9 Å². The molecular weight excluding hydrogens is 356 g/mol. The lowest BCUT2D eigenvalue weighted by Gasteiger charge is -2.36. The predicted octanol–water partition coefficient (Wildman–Crippen LogP) is 5.06. The minimum absolute atomic E-state index is 0.300. The Morgan fingerprint density at radius 3 is 2.55 bits per heavy atom. The molecule has 2 N–H and O–H groups in total. The second-order valence-electron chi connectivity index (χ2n) is 6.05. The molecule has 0 saturated heterocycles. The van der Waals surface area contributed by atoms with E-state index in [1.807, 2.05) is 0 Å². The highest BCUT2D eigenvalue weighted by molar-refractivity contribution is 9.10. The van der Waals surface area contributed by atoms with Crippen molar-refractivity contribution in [1.29, 1.82) is 0 Å². The predicted molar refractivity (Wildman–Crippen MR) is 92.6 cm³/mol. The van der Waals surface area contributed by atoms with Crippen molar-refractivity contribution >= 4 is 38.9 Å². The van der Waals surface area contributed by atoms with Gasteiger partial charge in [0.05, 0.1) is 6.04 Å². The van der Waals surface area contributed by atoms with E-state index in [0.29, 0.717) is 24.5 Å². The normalized spacial score (nSPS) is 18.4. The molecule has 1 saturated carbocycles. The Hall–Kier alpha value is 0.390. The van der Waals surface area contributed by atoms with E-state index in [1.54, 1.807) is 11.3 Å².